The molecule has 1 unspecified atom stereocenters. The van der Waals surface area contributed by atoms with Crippen molar-refractivity contribution in [3.63, 3.8) is 0 Å². The van der Waals surface area contributed by atoms with E-state index in [4.69, 9.17) is 4.74 Å². The standard InChI is InChI=1S/C22H26N4O2S/c1-3-28-21-18-15(2)19(29-22(18)25-14-24-21)20(27)23-13-17(26-11-7-8-12-26)16-9-5-4-6-10-16/h4-6,9-10,14,17H,3,7-8,11-13H2,1-2H3,(H,23,27). The smallest absolute Gasteiger partial charge is 0.261 e. The Kier molecular flexibility index (Phi) is 6.06. The molecule has 0 spiro atoms. The summed E-state index contributed by atoms with van der Waals surface area (Å²) in [7, 11) is 0. The summed E-state index contributed by atoms with van der Waals surface area (Å²) in [5.41, 5.74) is 2.12. The number of hydrogen-bond donors (Lipinski definition) is 1. The van der Waals surface area contributed by atoms with Crippen molar-refractivity contribution in [2.24, 2.45) is 0 Å². The Morgan fingerprint density at radius 2 is 2.00 bits per heavy atom. The first-order valence-corrected chi connectivity index (χ1v) is 10.9. The zero-order chi connectivity index (χ0) is 20.2. The second-order valence-electron chi connectivity index (χ2n) is 7.23. The number of carbonyl (C=O) groups is 1. The number of aryl methyl sites for hydroxylation is 1. The lowest BCUT2D eigenvalue weighted by Gasteiger charge is -2.28. The van der Waals surface area contributed by atoms with Crippen LogP contribution in [0.25, 0.3) is 10.2 Å². The van der Waals surface area contributed by atoms with Crippen LogP contribution in [0.1, 0.15) is 46.6 Å². The molecular formula is C22H26N4O2S. The third-order valence-corrected chi connectivity index (χ3v) is 6.60. The fourth-order valence-corrected chi connectivity index (χ4v) is 5.01. The van der Waals surface area contributed by atoms with Crippen LogP contribution >= 0.6 is 11.3 Å². The molecule has 1 atom stereocenters. The van der Waals surface area contributed by atoms with Crippen LogP contribution < -0.4 is 10.1 Å². The maximum Gasteiger partial charge on any atom is 0.261 e. The van der Waals surface area contributed by atoms with Crippen molar-refractivity contribution >= 4 is 27.5 Å². The largest absolute Gasteiger partial charge is 0.477 e. The van der Waals surface area contributed by atoms with Crippen LogP contribution in [-0.2, 0) is 0 Å². The summed E-state index contributed by atoms with van der Waals surface area (Å²) >= 11 is 1.39. The Bertz CT molecular complexity index is 983. The first-order chi connectivity index (χ1) is 14.2. The third kappa shape index (κ3) is 4.11. The first kappa shape index (κ1) is 19.8. The number of rotatable bonds is 7. The molecule has 0 saturated carbocycles. The molecule has 1 saturated heterocycles. The van der Waals surface area contributed by atoms with Gasteiger partial charge in [-0.3, -0.25) is 9.69 Å². The van der Waals surface area contributed by atoms with Gasteiger partial charge in [0.25, 0.3) is 5.91 Å². The van der Waals surface area contributed by atoms with E-state index in [0.717, 1.165) is 28.9 Å². The SMILES string of the molecule is CCOc1ncnc2sc(C(=O)NCC(c3ccccc3)N3CCCC3)c(C)c12. The molecule has 3 heterocycles. The van der Waals surface area contributed by atoms with E-state index >= 15 is 0 Å². The number of ether oxygens (including phenoxy) is 1. The lowest BCUT2D eigenvalue weighted by Crippen LogP contribution is -2.36. The topological polar surface area (TPSA) is 67.3 Å². The number of likely N-dealkylation sites (tertiary alicyclic amines) is 1. The van der Waals surface area contributed by atoms with Crippen molar-refractivity contribution in [2.45, 2.75) is 32.7 Å². The van der Waals surface area contributed by atoms with Crippen LogP contribution in [0.5, 0.6) is 5.88 Å². The minimum absolute atomic E-state index is 0.0620. The summed E-state index contributed by atoms with van der Waals surface area (Å²) in [5, 5.41) is 4.01. The van der Waals surface area contributed by atoms with Crippen LogP contribution in [0.4, 0.5) is 0 Å². The summed E-state index contributed by atoms with van der Waals surface area (Å²) in [6.45, 7) is 7.12. The predicted octanol–water partition coefficient (Wildman–Crippen LogP) is 3.97. The minimum atomic E-state index is -0.0620. The van der Waals surface area contributed by atoms with Gasteiger partial charge >= 0.3 is 0 Å². The van der Waals surface area contributed by atoms with Gasteiger partial charge in [0.05, 0.1) is 22.9 Å². The number of hydrogen-bond acceptors (Lipinski definition) is 6. The van der Waals surface area contributed by atoms with Crippen molar-refractivity contribution in [3.8, 4) is 5.88 Å². The highest BCUT2D eigenvalue weighted by Gasteiger charge is 2.25. The van der Waals surface area contributed by atoms with Crippen molar-refractivity contribution in [2.75, 3.05) is 26.2 Å². The molecule has 7 heteroatoms. The number of fused-ring (bicyclic) bond motifs is 1. The van der Waals surface area contributed by atoms with E-state index in [0.29, 0.717) is 23.9 Å². The molecule has 6 nitrogen and oxygen atoms in total. The Hall–Kier alpha value is -2.51. The van der Waals surface area contributed by atoms with E-state index in [-0.39, 0.29) is 11.9 Å². The lowest BCUT2D eigenvalue weighted by molar-refractivity contribution is 0.0941. The third-order valence-electron chi connectivity index (χ3n) is 5.40. The highest BCUT2D eigenvalue weighted by atomic mass is 32.1. The number of amides is 1. The van der Waals surface area contributed by atoms with Crippen LogP contribution in [-0.4, -0.2) is 47.0 Å². The molecule has 4 rings (SSSR count). The van der Waals surface area contributed by atoms with Gasteiger partial charge in [-0.15, -0.1) is 11.3 Å². The molecular weight excluding hydrogens is 384 g/mol. The molecule has 152 valence electrons. The zero-order valence-electron chi connectivity index (χ0n) is 16.9. The van der Waals surface area contributed by atoms with E-state index < -0.39 is 0 Å². The molecule has 0 bridgehead atoms. The van der Waals surface area contributed by atoms with Gasteiger partial charge in [-0.25, -0.2) is 9.97 Å². The maximum atomic E-state index is 13.0. The maximum absolute atomic E-state index is 13.0. The van der Waals surface area contributed by atoms with Crippen molar-refractivity contribution in [1.82, 2.24) is 20.2 Å². The second kappa shape index (κ2) is 8.88. The van der Waals surface area contributed by atoms with Gasteiger partial charge < -0.3 is 10.1 Å². The molecule has 1 amide bonds. The normalized spacial score (nSPS) is 15.5. The molecule has 0 aliphatic carbocycles. The molecule has 1 aromatic carbocycles. The van der Waals surface area contributed by atoms with Crippen molar-refractivity contribution < 1.29 is 9.53 Å². The number of nitrogens with one attached hydrogen (secondary N) is 1. The van der Waals surface area contributed by atoms with Gasteiger partial charge in [-0.2, -0.15) is 0 Å². The van der Waals surface area contributed by atoms with Crippen LogP contribution in [0.2, 0.25) is 0 Å². The highest BCUT2D eigenvalue weighted by Crippen LogP contribution is 2.34. The molecule has 1 N–H and O–H groups in total. The molecule has 29 heavy (non-hydrogen) atoms. The molecule has 0 radical (unpaired) electrons. The Balaban J connectivity index is 1.55. The van der Waals surface area contributed by atoms with Crippen molar-refractivity contribution in [1.29, 1.82) is 0 Å². The molecule has 1 aliphatic rings. The van der Waals surface area contributed by atoms with Crippen LogP contribution in [0, 0.1) is 6.92 Å². The number of thiophene rings is 1. The van der Waals surface area contributed by atoms with Crippen LogP contribution in [0.3, 0.4) is 0 Å². The van der Waals surface area contributed by atoms with Crippen LogP contribution in [0.15, 0.2) is 36.7 Å². The quantitative estimate of drug-likeness (QED) is 0.638. The highest BCUT2D eigenvalue weighted by molar-refractivity contribution is 7.20. The number of carbonyl (C=O) groups excluding carboxylic acids is 1. The Morgan fingerprint density at radius 3 is 2.72 bits per heavy atom. The molecule has 3 aromatic rings. The van der Waals surface area contributed by atoms with Gasteiger partial charge in [0.1, 0.15) is 11.2 Å². The summed E-state index contributed by atoms with van der Waals surface area (Å²) in [5.74, 6) is 0.484. The monoisotopic (exact) mass is 410 g/mol. The van der Waals surface area contributed by atoms with Gasteiger partial charge in [0.2, 0.25) is 5.88 Å². The Labute approximate surface area is 174 Å². The summed E-state index contributed by atoms with van der Waals surface area (Å²) in [6.07, 6.45) is 3.92. The van der Waals surface area contributed by atoms with Gasteiger partial charge in [-0.05, 0) is 50.9 Å². The molecule has 2 aromatic heterocycles. The van der Waals surface area contributed by atoms with E-state index in [2.05, 4.69) is 44.5 Å². The van der Waals surface area contributed by atoms with Gasteiger partial charge in [0, 0.05) is 6.54 Å². The van der Waals surface area contributed by atoms with E-state index in [1.54, 1.807) is 0 Å². The Morgan fingerprint density at radius 1 is 1.24 bits per heavy atom. The fourth-order valence-electron chi connectivity index (χ4n) is 3.96. The van der Waals surface area contributed by atoms with Gasteiger partial charge in [-0.1, -0.05) is 30.3 Å². The minimum Gasteiger partial charge on any atom is -0.477 e. The zero-order valence-corrected chi connectivity index (χ0v) is 17.7. The average Bonchev–Trinajstić information content (AvgIpc) is 3.38. The van der Waals surface area contributed by atoms with E-state index in [9.17, 15) is 4.79 Å². The number of aromatic nitrogens is 2. The van der Waals surface area contributed by atoms with E-state index in [1.165, 1.54) is 36.1 Å². The summed E-state index contributed by atoms with van der Waals surface area (Å²) < 4.78 is 5.63. The lowest BCUT2D eigenvalue weighted by atomic mass is 10.1. The van der Waals surface area contributed by atoms with Crippen molar-refractivity contribution in [3.05, 3.63) is 52.7 Å². The summed E-state index contributed by atoms with van der Waals surface area (Å²) in [6, 6.07) is 10.6. The average molecular weight is 411 g/mol. The fraction of sp³-hybridized carbons (Fsp3) is 0.409. The predicted molar refractivity (Wildman–Crippen MR) is 116 cm³/mol. The summed E-state index contributed by atoms with van der Waals surface area (Å²) in [4.78, 5) is 25.5. The number of benzene rings is 1. The van der Waals surface area contributed by atoms with E-state index in [1.807, 2.05) is 19.9 Å². The van der Waals surface area contributed by atoms with Gasteiger partial charge in [0.15, 0.2) is 0 Å². The number of nitrogens with zero attached hydrogens (tertiary/aromatic N) is 3. The molecule has 1 aliphatic heterocycles. The molecule has 1 fully saturated rings. The first-order valence-electron chi connectivity index (χ1n) is 10.1. The second-order valence-corrected chi connectivity index (χ2v) is 8.23.